The highest BCUT2D eigenvalue weighted by Gasteiger charge is 2.25. The van der Waals surface area contributed by atoms with E-state index in [-0.39, 0.29) is 17.4 Å². The number of ether oxygens (including phenoxy) is 1. The van der Waals surface area contributed by atoms with Crippen LogP contribution in [-0.2, 0) is 10.0 Å². The molecule has 3 rings (SSSR count). The van der Waals surface area contributed by atoms with Gasteiger partial charge in [0.15, 0.2) is 0 Å². The molecule has 23 heavy (non-hydrogen) atoms. The molecule has 0 saturated carbocycles. The quantitative estimate of drug-likeness (QED) is 0.934. The molecule has 0 aliphatic carbocycles. The van der Waals surface area contributed by atoms with Gasteiger partial charge in [0.25, 0.3) is 0 Å². The van der Waals surface area contributed by atoms with Crippen molar-refractivity contribution in [3.05, 3.63) is 59.4 Å². The lowest BCUT2D eigenvalue weighted by atomic mass is 9.93. The van der Waals surface area contributed by atoms with E-state index in [4.69, 9.17) is 4.74 Å². The molecule has 0 amide bonds. The normalized spacial score (nSPS) is 17.4. The van der Waals surface area contributed by atoms with E-state index >= 15 is 0 Å². The van der Waals surface area contributed by atoms with Crippen LogP contribution in [0.3, 0.4) is 0 Å². The Morgan fingerprint density at radius 1 is 1.26 bits per heavy atom. The van der Waals surface area contributed by atoms with Crippen molar-refractivity contribution in [3.63, 3.8) is 0 Å². The summed E-state index contributed by atoms with van der Waals surface area (Å²) in [5.74, 6) is 0.0672. The predicted octanol–water partition coefficient (Wildman–Crippen LogP) is 2.98. The molecule has 1 heterocycles. The van der Waals surface area contributed by atoms with E-state index in [9.17, 15) is 12.8 Å². The van der Waals surface area contributed by atoms with Gasteiger partial charge in [0.1, 0.15) is 16.5 Å². The smallest absolute Gasteiger partial charge is 0.243 e. The molecular formula is C17H18FNO3S. The number of aryl methyl sites for hydroxylation is 1. The minimum absolute atomic E-state index is 0.0169. The molecule has 0 saturated heterocycles. The molecule has 0 fully saturated rings. The Morgan fingerprint density at radius 3 is 2.83 bits per heavy atom. The lowest BCUT2D eigenvalue weighted by Gasteiger charge is -2.26. The Labute approximate surface area is 135 Å². The van der Waals surface area contributed by atoms with E-state index in [1.54, 1.807) is 13.0 Å². The van der Waals surface area contributed by atoms with Crippen LogP contribution in [0.5, 0.6) is 5.75 Å². The van der Waals surface area contributed by atoms with E-state index < -0.39 is 15.8 Å². The number of para-hydroxylation sites is 1. The monoisotopic (exact) mass is 335 g/mol. The SMILES string of the molecule is Cc1ccc(S(=O)(=O)NCC2CCOc3ccccc32)c(F)c1. The van der Waals surface area contributed by atoms with Gasteiger partial charge < -0.3 is 4.74 Å². The summed E-state index contributed by atoms with van der Waals surface area (Å²) in [5, 5.41) is 0. The number of rotatable bonds is 4. The van der Waals surface area contributed by atoms with Gasteiger partial charge in [-0.3, -0.25) is 0 Å². The number of halogens is 1. The summed E-state index contributed by atoms with van der Waals surface area (Å²) >= 11 is 0. The van der Waals surface area contributed by atoms with Crippen LogP contribution in [0.4, 0.5) is 4.39 Å². The molecule has 2 aromatic rings. The summed E-state index contributed by atoms with van der Waals surface area (Å²) in [6.07, 6.45) is 0.718. The average Bonchev–Trinajstić information content (AvgIpc) is 2.52. The van der Waals surface area contributed by atoms with Crippen LogP contribution in [0.25, 0.3) is 0 Å². The second-order valence-corrected chi connectivity index (χ2v) is 7.39. The van der Waals surface area contributed by atoms with Crippen molar-refractivity contribution in [2.45, 2.75) is 24.2 Å². The van der Waals surface area contributed by atoms with E-state index in [1.807, 2.05) is 24.3 Å². The van der Waals surface area contributed by atoms with Crippen LogP contribution in [0, 0.1) is 12.7 Å². The number of hydrogen-bond acceptors (Lipinski definition) is 3. The topological polar surface area (TPSA) is 55.4 Å². The van der Waals surface area contributed by atoms with Gasteiger partial charge in [-0.2, -0.15) is 0 Å². The van der Waals surface area contributed by atoms with Crippen LogP contribution < -0.4 is 9.46 Å². The van der Waals surface area contributed by atoms with Crippen molar-refractivity contribution in [2.24, 2.45) is 0 Å². The second-order valence-electron chi connectivity index (χ2n) is 5.66. The maximum absolute atomic E-state index is 13.9. The van der Waals surface area contributed by atoms with Crippen LogP contribution >= 0.6 is 0 Å². The fourth-order valence-corrected chi connectivity index (χ4v) is 3.88. The Kier molecular flexibility index (Phi) is 4.37. The van der Waals surface area contributed by atoms with Gasteiger partial charge in [-0.15, -0.1) is 0 Å². The van der Waals surface area contributed by atoms with Gasteiger partial charge in [0, 0.05) is 12.5 Å². The highest BCUT2D eigenvalue weighted by molar-refractivity contribution is 7.89. The molecule has 1 N–H and O–H groups in total. The van der Waals surface area contributed by atoms with Crippen LogP contribution in [0.2, 0.25) is 0 Å². The lowest BCUT2D eigenvalue weighted by molar-refractivity contribution is 0.267. The van der Waals surface area contributed by atoms with Gasteiger partial charge in [-0.1, -0.05) is 24.3 Å². The third-order valence-corrected chi connectivity index (χ3v) is 5.44. The molecule has 0 bridgehead atoms. The first-order valence-corrected chi connectivity index (χ1v) is 8.93. The predicted molar refractivity (Wildman–Crippen MR) is 85.6 cm³/mol. The van der Waals surface area contributed by atoms with Crippen LogP contribution in [-0.4, -0.2) is 21.6 Å². The molecule has 1 unspecified atom stereocenters. The van der Waals surface area contributed by atoms with E-state index in [0.717, 1.165) is 17.7 Å². The maximum atomic E-state index is 13.9. The van der Waals surface area contributed by atoms with Crippen molar-refractivity contribution in [1.82, 2.24) is 4.72 Å². The zero-order valence-corrected chi connectivity index (χ0v) is 13.6. The number of nitrogens with one attached hydrogen (secondary N) is 1. The van der Waals surface area contributed by atoms with Crippen molar-refractivity contribution in [1.29, 1.82) is 0 Å². The first-order chi connectivity index (χ1) is 11.0. The van der Waals surface area contributed by atoms with Crippen molar-refractivity contribution < 1.29 is 17.5 Å². The van der Waals surface area contributed by atoms with Gasteiger partial charge >= 0.3 is 0 Å². The molecule has 122 valence electrons. The second kappa shape index (κ2) is 6.29. The zero-order chi connectivity index (χ0) is 16.4. The molecule has 4 nitrogen and oxygen atoms in total. The Morgan fingerprint density at radius 2 is 2.04 bits per heavy atom. The fraction of sp³-hybridized carbons (Fsp3) is 0.294. The molecule has 6 heteroatoms. The number of hydrogen-bond donors (Lipinski definition) is 1. The Bertz CT molecular complexity index is 820. The molecule has 1 aliphatic rings. The summed E-state index contributed by atoms with van der Waals surface area (Å²) in [6.45, 7) is 2.48. The first-order valence-electron chi connectivity index (χ1n) is 7.45. The van der Waals surface area contributed by atoms with Gasteiger partial charge in [-0.05, 0) is 42.7 Å². The summed E-state index contributed by atoms with van der Waals surface area (Å²) in [7, 11) is -3.88. The van der Waals surface area contributed by atoms with Crippen molar-refractivity contribution >= 4 is 10.0 Å². The molecule has 1 atom stereocenters. The zero-order valence-electron chi connectivity index (χ0n) is 12.8. The van der Waals surface area contributed by atoms with Crippen molar-refractivity contribution in [2.75, 3.05) is 13.2 Å². The van der Waals surface area contributed by atoms with E-state index in [0.29, 0.717) is 12.2 Å². The molecule has 0 radical (unpaired) electrons. The largest absolute Gasteiger partial charge is 0.493 e. The third-order valence-electron chi connectivity index (χ3n) is 3.98. The molecule has 0 aromatic heterocycles. The lowest BCUT2D eigenvalue weighted by Crippen LogP contribution is -2.31. The summed E-state index contributed by atoms with van der Waals surface area (Å²) < 4.78 is 46.7. The fourth-order valence-electron chi connectivity index (χ4n) is 2.74. The third kappa shape index (κ3) is 3.38. The van der Waals surface area contributed by atoms with Gasteiger partial charge in [0.05, 0.1) is 6.61 Å². The van der Waals surface area contributed by atoms with E-state index in [1.165, 1.54) is 12.1 Å². The number of benzene rings is 2. The minimum Gasteiger partial charge on any atom is -0.493 e. The first kappa shape index (κ1) is 16.0. The molecule has 2 aromatic carbocycles. The minimum atomic E-state index is -3.88. The Balaban J connectivity index is 1.78. The van der Waals surface area contributed by atoms with Crippen LogP contribution in [0.1, 0.15) is 23.5 Å². The van der Waals surface area contributed by atoms with Gasteiger partial charge in [-0.25, -0.2) is 17.5 Å². The summed E-state index contributed by atoms with van der Waals surface area (Å²) in [4.78, 5) is -0.316. The molecule has 0 spiro atoms. The molecule has 1 aliphatic heterocycles. The highest BCUT2D eigenvalue weighted by atomic mass is 32.2. The highest BCUT2D eigenvalue weighted by Crippen LogP contribution is 2.33. The standard InChI is InChI=1S/C17H18FNO3S/c1-12-6-7-17(15(18)10-12)23(20,21)19-11-13-8-9-22-16-5-3-2-4-14(13)16/h2-7,10,13,19H,8-9,11H2,1H3. The van der Waals surface area contributed by atoms with Crippen LogP contribution in [0.15, 0.2) is 47.4 Å². The van der Waals surface area contributed by atoms with Crippen molar-refractivity contribution in [3.8, 4) is 5.75 Å². The Hall–Kier alpha value is -1.92. The number of sulfonamides is 1. The average molecular weight is 335 g/mol. The van der Waals surface area contributed by atoms with Gasteiger partial charge in [0.2, 0.25) is 10.0 Å². The number of fused-ring (bicyclic) bond motifs is 1. The maximum Gasteiger partial charge on any atom is 0.243 e. The summed E-state index contributed by atoms with van der Waals surface area (Å²) in [6, 6.07) is 11.7. The molecular weight excluding hydrogens is 317 g/mol. The van der Waals surface area contributed by atoms with E-state index in [2.05, 4.69) is 4.72 Å². The summed E-state index contributed by atoms with van der Waals surface area (Å²) in [5.41, 5.74) is 1.66.